The van der Waals surface area contributed by atoms with Crippen LogP contribution in [0, 0.1) is 19.8 Å². The van der Waals surface area contributed by atoms with Gasteiger partial charge in [-0.3, -0.25) is 4.79 Å². The Kier molecular flexibility index (Phi) is 5.16. The number of piperidine rings is 1. The third-order valence-electron chi connectivity index (χ3n) is 6.45. The van der Waals surface area contributed by atoms with Gasteiger partial charge in [-0.1, -0.05) is 12.1 Å². The van der Waals surface area contributed by atoms with Crippen molar-refractivity contribution >= 4 is 22.5 Å². The fraction of sp³-hybridized carbons (Fsp3) is 0.522. The monoisotopic (exact) mass is 408 g/mol. The number of hydrogen-bond acceptors (Lipinski definition) is 5. The van der Waals surface area contributed by atoms with E-state index in [4.69, 9.17) is 19.6 Å². The number of likely N-dealkylation sites (tertiary alicyclic amines) is 1. The average molecular weight is 409 g/mol. The minimum atomic E-state index is -0.148. The summed E-state index contributed by atoms with van der Waals surface area (Å²) in [5, 5.41) is 5.78. The molecule has 2 fully saturated rings. The summed E-state index contributed by atoms with van der Waals surface area (Å²) in [6.07, 6.45) is 3.07. The molecule has 0 spiro atoms. The zero-order valence-electron chi connectivity index (χ0n) is 17.6. The van der Waals surface area contributed by atoms with Gasteiger partial charge in [-0.05, 0) is 50.8 Å². The van der Waals surface area contributed by atoms with Gasteiger partial charge in [0.2, 0.25) is 5.91 Å². The SMILES string of the molecule is Cc1nc2c3ccccc3nn2c(C)c1CCC(=O)N1CCCC(C2OCCO2)C1. The first kappa shape index (κ1) is 19.5. The van der Waals surface area contributed by atoms with Crippen LogP contribution in [0.15, 0.2) is 24.3 Å². The van der Waals surface area contributed by atoms with Gasteiger partial charge >= 0.3 is 0 Å². The lowest BCUT2D eigenvalue weighted by atomic mass is 9.96. The molecule has 2 aromatic heterocycles. The molecule has 2 saturated heterocycles. The van der Waals surface area contributed by atoms with Gasteiger partial charge in [-0.15, -0.1) is 0 Å². The van der Waals surface area contributed by atoms with Crippen LogP contribution in [0.3, 0.4) is 0 Å². The van der Waals surface area contributed by atoms with Crippen LogP contribution in [0.4, 0.5) is 0 Å². The van der Waals surface area contributed by atoms with Crippen molar-refractivity contribution in [2.45, 2.75) is 45.8 Å². The molecule has 7 heteroatoms. The lowest BCUT2D eigenvalue weighted by Gasteiger charge is -2.34. The molecule has 5 rings (SSSR count). The topological polar surface area (TPSA) is 69.0 Å². The molecule has 2 aliphatic heterocycles. The molecule has 1 unspecified atom stereocenters. The molecule has 7 nitrogen and oxygen atoms in total. The Morgan fingerprint density at radius 3 is 2.83 bits per heavy atom. The second-order valence-electron chi connectivity index (χ2n) is 8.37. The standard InChI is InChI=1S/C23H28N4O3/c1-15-18(16(2)27-22(24-15)19-7-3-4-8-20(19)25-27)9-10-21(28)26-11-5-6-17(14-26)23-29-12-13-30-23/h3-4,7-8,17,23H,5-6,9-14H2,1-2H3. The fourth-order valence-corrected chi connectivity index (χ4v) is 4.84. The number of ether oxygens (including phenoxy) is 2. The van der Waals surface area contributed by atoms with Crippen LogP contribution >= 0.6 is 0 Å². The summed E-state index contributed by atoms with van der Waals surface area (Å²) in [4.78, 5) is 19.8. The summed E-state index contributed by atoms with van der Waals surface area (Å²) in [6, 6.07) is 8.06. The number of rotatable bonds is 4. The maximum absolute atomic E-state index is 13.0. The predicted molar refractivity (Wildman–Crippen MR) is 113 cm³/mol. The Balaban J connectivity index is 1.32. The molecule has 2 aliphatic rings. The molecule has 1 atom stereocenters. The first-order valence-electron chi connectivity index (χ1n) is 10.9. The van der Waals surface area contributed by atoms with Crippen LogP contribution in [0.5, 0.6) is 0 Å². The van der Waals surface area contributed by atoms with Crippen molar-refractivity contribution < 1.29 is 14.3 Å². The summed E-state index contributed by atoms with van der Waals surface area (Å²) in [6.45, 7) is 6.96. The lowest BCUT2D eigenvalue weighted by molar-refractivity contribution is -0.139. The van der Waals surface area contributed by atoms with Crippen molar-refractivity contribution in [1.82, 2.24) is 19.5 Å². The van der Waals surface area contributed by atoms with Gasteiger partial charge < -0.3 is 14.4 Å². The van der Waals surface area contributed by atoms with Crippen LogP contribution in [-0.4, -0.2) is 58.0 Å². The van der Waals surface area contributed by atoms with Crippen LogP contribution in [0.2, 0.25) is 0 Å². The number of benzene rings is 1. The van der Waals surface area contributed by atoms with Crippen LogP contribution in [0.25, 0.3) is 16.6 Å². The van der Waals surface area contributed by atoms with E-state index < -0.39 is 0 Å². The highest BCUT2D eigenvalue weighted by Crippen LogP contribution is 2.26. The first-order valence-corrected chi connectivity index (χ1v) is 10.9. The van der Waals surface area contributed by atoms with Gasteiger partial charge in [0.15, 0.2) is 11.9 Å². The highest BCUT2D eigenvalue weighted by molar-refractivity contribution is 5.92. The molecular formula is C23H28N4O3. The molecule has 0 saturated carbocycles. The molecule has 0 radical (unpaired) electrons. The van der Waals surface area contributed by atoms with Crippen molar-refractivity contribution in [2.24, 2.45) is 5.92 Å². The lowest BCUT2D eigenvalue weighted by Crippen LogP contribution is -2.43. The van der Waals surface area contributed by atoms with Crippen molar-refractivity contribution in [3.63, 3.8) is 0 Å². The molecular weight excluding hydrogens is 380 g/mol. The van der Waals surface area contributed by atoms with Gasteiger partial charge in [-0.2, -0.15) is 5.10 Å². The quantitative estimate of drug-likeness (QED) is 0.664. The van der Waals surface area contributed by atoms with E-state index in [1.165, 1.54) is 0 Å². The summed E-state index contributed by atoms with van der Waals surface area (Å²) < 4.78 is 13.3. The van der Waals surface area contributed by atoms with Crippen molar-refractivity contribution in [3.05, 3.63) is 41.2 Å². The summed E-state index contributed by atoms with van der Waals surface area (Å²) in [5.74, 6) is 0.477. The van der Waals surface area contributed by atoms with Gasteiger partial charge in [0.05, 0.1) is 18.7 Å². The van der Waals surface area contributed by atoms with Crippen molar-refractivity contribution in [2.75, 3.05) is 26.3 Å². The average Bonchev–Trinajstić information content (AvgIpc) is 3.42. The molecule has 1 aromatic carbocycles. The first-order chi connectivity index (χ1) is 14.6. The third kappa shape index (κ3) is 3.46. The Labute approximate surface area is 176 Å². The maximum atomic E-state index is 13.0. The van der Waals surface area contributed by atoms with E-state index in [2.05, 4.69) is 13.0 Å². The number of carbonyl (C=O) groups is 1. The molecule has 158 valence electrons. The Bertz CT molecular complexity index is 1090. The van der Waals surface area contributed by atoms with E-state index in [-0.39, 0.29) is 18.1 Å². The number of amides is 1. The van der Waals surface area contributed by atoms with E-state index in [0.29, 0.717) is 26.1 Å². The number of aryl methyl sites for hydroxylation is 2. The van der Waals surface area contributed by atoms with E-state index in [0.717, 1.165) is 59.4 Å². The van der Waals surface area contributed by atoms with Crippen LogP contribution < -0.4 is 0 Å². The normalized spacial score (nSPS) is 20.5. The molecule has 0 aliphatic carbocycles. The highest BCUT2D eigenvalue weighted by atomic mass is 16.7. The fourth-order valence-electron chi connectivity index (χ4n) is 4.84. The Hall–Kier alpha value is -2.51. The van der Waals surface area contributed by atoms with Gasteiger partial charge in [-0.25, -0.2) is 9.50 Å². The van der Waals surface area contributed by atoms with E-state index in [1.807, 2.05) is 34.5 Å². The molecule has 1 amide bonds. The molecule has 3 aromatic rings. The number of fused-ring (bicyclic) bond motifs is 3. The Morgan fingerprint density at radius 2 is 2.00 bits per heavy atom. The predicted octanol–water partition coefficient (Wildman–Crippen LogP) is 3.04. The molecule has 4 heterocycles. The van der Waals surface area contributed by atoms with E-state index >= 15 is 0 Å². The minimum absolute atomic E-state index is 0.148. The van der Waals surface area contributed by atoms with E-state index in [1.54, 1.807) is 0 Å². The summed E-state index contributed by atoms with van der Waals surface area (Å²) in [5.41, 5.74) is 4.97. The van der Waals surface area contributed by atoms with Gasteiger partial charge in [0, 0.05) is 42.2 Å². The van der Waals surface area contributed by atoms with Crippen molar-refractivity contribution in [3.8, 4) is 0 Å². The number of nitrogens with zero attached hydrogens (tertiary/aromatic N) is 4. The van der Waals surface area contributed by atoms with E-state index in [9.17, 15) is 4.79 Å². The molecule has 30 heavy (non-hydrogen) atoms. The largest absolute Gasteiger partial charge is 0.350 e. The second kappa shape index (κ2) is 7.96. The minimum Gasteiger partial charge on any atom is -0.350 e. The smallest absolute Gasteiger partial charge is 0.222 e. The summed E-state index contributed by atoms with van der Waals surface area (Å²) >= 11 is 0. The highest BCUT2D eigenvalue weighted by Gasteiger charge is 2.32. The van der Waals surface area contributed by atoms with Gasteiger partial charge in [0.1, 0.15) is 0 Å². The summed E-state index contributed by atoms with van der Waals surface area (Å²) in [7, 11) is 0. The van der Waals surface area contributed by atoms with Gasteiger partial charge in [0.25, 0.3) is 0 Å². The third-order valence-corrected chi connectivity index (χ3v) is 6.45. The van der Waals surface area contributed by atoms with Crippen LogP contribution in [-0.2, 0) is 20.7 Å². The number of hydrogen-bond donors (Lipinski definition) is 0. The Morgan fingerprint density at radius 1 is 1.20 bits per heavy atom. The molecule has 0 bridgehead atoms. The maximum Gasteiger partial charge on any atom is 0.222 e. The number of carbonyl (C=O) groups excluding carboxylic acids is 1. The number of aromatic nitrogens is 3. The molecule has 0 N–H and O–H groups in total. The zero-order valence-corrected chi connectivity index (χ0v) is 17.6. The zero-order chi connectivity index (χ0) is 20.7. The van der Waals surface area contributed by atoms with Crippen LogP contribution in [0.1, 0.15) is 36.2 Å². The van der Waals surface area contributed by atoms with Crippen molar-refractivity contribution in [1.29, 1.82) is 0 Å². The second-order valence-corrected chi connectivity index (χ2v) is 8.37.